The van der Waals surface area contributed by atoms with Gasteiger partial charge in [-0.3, -0.25) is 4.79 Å². The molecule has 0 heterocycles. The van der Waals surface area contributed by atoms with Crippen LogP contribution in [0.2, 0.25) is 0 Å². The summed E-state index contributed by atoms with van der Waals surface area (Å²) in [5.74, 6) is 1.73. The number of hydrogen-bond acceptors (Lipinski definition) is 1. The topological polar surface area (TPSA) is 17.1 Å². The molecule has 0 spiro atoms. The van der Waals surface area contributed by atoms with Crippen LogP contribution in [0.4, 0.5) is 13.2 Å². The van der Waals surface area contributed by atoms with Crippen LogP contribution in [0.25, 0.3) is 0 Å². The fourth-order valence-electron chi connectivity index (χ4n) is 5.32. The summed E-state index contributed by atoms with van der Waals surface area (Å²) in [6, 6.07) is 0. The van der Waals surface area contributed by atoms with Crippen molar-refractivity contribution in [2.75, 3.05) is 0 Å². The lowest BCUT2D eigenvalue weighted by molar-refractivity contribution is -0.132. The average Bonchev–Trinajstić information content (AvgIpc) is 2.59. The minimum absolute atomic E-state index is 0.00270. The maximum atomic E-state index is 13.6. The molecule has 3 saturated carbocycles. The molecule has 0 aliphatic heterocycles. The predicted octanol–water partition coefficient (Wildman–Crippen LogP) is 5.61. The molecular formula is C20H31F3O. The second kappa shape index (κ2) is 7.78. The van der Waals surface area contributed by atoms with Gasteiger partial charge in [-0.2, -0.15) is 0 Å². The van der Waals surface area contributed by atoms with E-state index in [2.05, 4.69) is 6.92 Å². The zero-order valence-electron chi connectivity index (χ0n) is 14.7. The normalized spacial score (nSPS) is 47.3. The minimum atomic E-state index is -2.04. The molecule has 0 aromatic carbocycles. The smallest absolute Gasteiger partial charge is 0.162 e. The van der Waals surface area contributed by atoms with Gasteiger partial charge in [0, 0.05) is 11.8 Å². The van der Waals surface area contributed by atoms with E-state index in [0.29, 0.717) is 0 Å². The third kappa shape index (κ3) is 3.99. The number of alkyl halides is 3. The lowest BCUT2D eigenvalue weighted by Gasteiger charge is -2.38. The summed E-state index contributed by atoms with van der Waals surface area (Å²) >= 11 is 0. The van der Waals surface area contributed by atoms with E-state index in [4.69, 9.17) is 0 Å². The van der Waals surface area contributed by atoms with Crippen LogP contribution in [0.15, 0.2) is 0 Å². The van der Waals surface area contributed by atoms with Crippen molar-refractivity contribution in [3.05, 3.63) is 0 Å². The standard InChI is InChI=1S/C20H31F3O/c1-12-2-4-13(5-3-12)14-6-8-15(9-7-14)20(24)16-10-17(21)19(23)18(22)11-16/h12-19H,2-11H2,1H3. The summed E-state index contributed by atoms with van der Waals surface area (Å²) in [6.07, 6.45) is 3.23. The van der Waals surface area contributed by atoms with Gasteiger partial charge >= 0.3 is 0 Å². The Hall–Kier alpha value is -0.540. The van der Waals surface area contributed by atoms with E-state index in [1.54, 1.807) is 0 Å². The van der Waals surface area contributed by atoms with Gasteiger partial charge in [-0.05, 0) is 69.1 Å². The quantitative estimate of drug-likeness (QED) is 0.650. The molecule has 24 heavy (non-hydrogen) atoms. The van der Waals surface area contributed by atoms with Gasteiger partial charge in [-0.15, -0.1) is 0 Å². The molecule has 3 rings (SSSR count). The van der Waals surface area contributed by atoms with Crippen LogP contribution >= 0.6 is 0 Å². The van der Waals surface area contributed by atoms with E-state index >= 15 is 0 Å². The van der Waals surface area contributed by atoms with Crippen LogP contribution in [0, 0.1) is 29.6 Å². The van der Waals surface area contributed by atoms with E-state index < -0.39 is 24.4 Å². The second-order valence-electron chi connectivity index (χ2n) is 8.68. The summed E-state index contributed by atoms with van der Waals surface area (Å²) in [7, 11) is 0. The number of rotatable bonds is 3. The molecule has 3 fully saturated rings. The van der Waals surface area contributed by atoms with E-state index in [0.717, 1.165) is 43.4 Å². The number of halogens is 3. The van der Waals surface area contributed by atoms with Crippen molar-refractivity contribution in [3.8, 4) is 0 Å². The summed E-state index contributed by atoms with van der Waals surface area (Å²) in [4.78, 5) is 12.6. The fraction of sp³-hybridized carbons (Fsp3) is 0.950. The number of carbonyl (C=O) groups is 1. The first-order valence-electron chi connectivity index (χ1n) is 9.91. The molecule has 3 aliphatic carbocycles. The third-order valence-electron chi connectivity index (χ3n) is 7.01. The minimum Gasteiger partial charge on any atom is -0.299 e. The maximum Gasteiger partial charge on any atom is 0.162 e. The van der Waals surface area contributed by atoms with Crippen molar-refractivity contribution in [1.29, 1.82) is 0 Å². The molecule has 4 heteroatoms. The largest absolute Gasteiger partial charge is 0.299 e. The van der Waals surface area contributed by atoms with Crippen LogP contribution in [-0.4, -0.2) is 24.3 Å². The molecule has 0 bridgehead atoms. The Bertz CT molecular complexity index is 413. The Labute approximate surface area is 143 Å². The van der Waals surface area contributed by atoms with E-state index in [9.17, 15) is 18.0 Å². The lowest BCUT2D eigenvalue weighted by atomic mass is 9.67. The number of hydrogen-bond donors (Lipinski definition) is 0. The van der Waals surface area contributed by atoms with Gasteiger partial charge in [-0.25, -0.2) is 13.2 Å². The van der Waals surface area contributed by atoms with Crippen LogP contribution in [-0.2, 0) is 4.79 Å². The molecule has 3 aliphatic rings. The van der Waals surface area contributed by atoms with E-state index in [1.807, 2.05) is 0 Å². The second-order valence-corrected chi connectivity index (χ2v) is 8.68. The monoisotopic (exact) mass is 344 g/mol. The van der Waals surface area contributed by atoms with Gasteiger partial charge in [0.15, 0.2) is 6.17 Å². The highest BCUT2D eigenvalue weighted by atomic mass is 19.2. The molecular weight excluding hydrogens is 313 g/mol. The SMILES string of the molecule is CC1CCC(C2CCC(C(=O)C3CC(F)C(F)C(F)C3)CC2)CC1. The zero-order chi connectivity index (χ0) is 17.3. The van der Waals surface area contributed by atoms with Gasteiger partial charge in [0.2, 0.25) is 0 Å². The van der Waals surface area contributed by atoms with Crippen molar-refractivity contribution in [3.63, 3.8) is 0 Å². The van der Waals surface area contributed by atoms with Gasteiger partial charge in [0.25, 0.3) is 0 Å². The van der Waals surface area contributed by atoms with Crippen LogP contribution in [0.1, 0.15) is 71.1 Å². The molecule has 138 valence electrons. The van der Waals surface area contributed by atoms with Crippen LogP contribution in [0.3, 0.4) is 0 Å². The molecule has 2 unspecified atom stereocenters. The van der Waals surface area contributed by atoms with Crippen molar-refractivity contribution < 1.29 is 18.0 Å². The first-order valence-corrected chi connectivity index (χ1v) is 9.91. The average molecular weight is 344 g/mol. The van der Waals surface area contributed by atoms with Crippen molar-refractivity contribution in [2.45, 2.75) is 89.6 Å². The van der Waals surface area contributed by atoms with Crippen molar-refractivity contribution >= 4 is 5.78 Å². The maximum absolute atomic E-state index is 13.6. The molecule has 0 amide bonds. The molecule has 0 saturated heterocycles. The van der Waals surface area contributed by atoms with Gasteiger partial charge in [-0.1, -0.05) is 19.8 Å². The molecule has 0 aromatic heterocycles. The van der Waals surface area contributed by atoms with Crippen molar-refractivity contribution in [2.24, 2.45) is 29.6 Å². The predicted molar refractivity (Wildman–Crippen MR) is 89.0 cm³/mol. The first-order chi connectivity index (χ1) is 11.5. The Morgan fingerprint density at radius 2 is 1.17 bits per heavy atom. The Morgan fingerprint density at radius 1 is 0.708 bits per heavy atom. The molecule has 2 atom stereocenters. The molecule has 1 nitrogen and oxygen atoms in total. The summed E-state index contributed by atoms with van der Waals surface area (Å²) < 4.78 is 40.4. The van der Waals surface area contributed by atoms with E-state index in [1.165, 1.54) is 25.7 Å². The highest BCUT2D eigenvalue weighted by Gasteiger charge is 2.43. The van der Waals surface area contributed by atoms with Crippen LogP contribution < -0.4 is 0 Å². The first kappa shape index (κ1) is 18.3. The molecule has 0 aromatic rings. The number of Topliss-reactive ketones (excluding diaryl/α,β-unsaturated/α-hetero) is 1. The Morgan fingerprint density at radius 3 is 1.67 bits per heavy atom. The third-order valence-corrected chi connectivity index (χ3v) is 7.01. The molecule has 0 N–H and O–H groups in total. The zero-order valence-corrected chi connectivity index (χ0v) is 14.7. The van der Waals surface area contributed by atoms with Crippen molar-refractivity contribution in [1.82, 2.24) is 0 Å². The van der Waals surface area contributed by atoms with Gasteiger partial charge < -0.3 is 0 Å². The lowest BCUT2D eigenvalue weighted by Crippen LogP contribution is -2.42. The highest BCUT2D eigenvalue weighted by molar-refractivity contribution is 5.83. The van der Waals surface area contributed by atoms with E-state index in [-0.39, 0.29) is 24.5 Å². The van der Waals surface area contributed by atoms with Gasteiger partial charge in [0.05, 0.1) is 0 Å². The number of ketones is 1. The van der Waals surface area contributed by atoms with Crippen LogP contribution in [0.5, 0.6) is 0 Å². The fourth-order valence-corrected chi connectivity index (χ4v) is 5.32. The molecule has 0 radical (unpaired) electrons. The summed E-state index contributed by atoms with van der Waals surface area (Å²) in [6.45, 7) is 2.33. The summed E-state index contributed by atoms with van der Waals surface area (Å²) in [5.41, 5.74) is 0. The summed E-state index contributed by atoms with van der Waals surface area (Å²) in [5, 5.41) is 0. The Kier molecular flexibility index (Phi) is 5.92. The van der Waals surface area contributed by atoms with Gasteiger partial charge in [0.1, 0.15) is 18.1 Å². The Balaban J connectivity index is 1.48. The number of carbonyl (C=O) groups excluding carboxylic acids is 1. The highest BCUT2D eigenvalue weighted by Crippen LogP contribution is 2.43.